The van der Waals surface area contributed by atoms with Crippen molar-refractivity contribution in [2.24, 2.45) is 0 Å². The third-order valence-electron chi connectivity index (χ3n) is 5.43. The highest BCUT2D eigenvalue weighted by Gasteiger charge is 2.40. The molecular weight excluding hydrogens is 400 g/mol. The molecule has 0 saturated heterocycles. The van der Waals surface area contributed by atoms with E-state index in [0.29, 0.717) is 29.2 Å². The molecule has 0 aliphatic carbocycles. The van der Waals surface area contributed by atoms with Crippen LogP contribution in [0, 0.1) is 20.8 Å². The van der Waals surface area contributed by atoms with E-state index >= 15 is 0 Å². The van der Waals surface area contributed by atoms with Gasteiger partial charge in [0.1, 0.15) is 11.4 Å². The molecule has 0 saturated carbocycles. The van der Waals surface area contributed by atoms with Crippen LogP contribution in [-0.4, -0.2) is 18.4 Å². The smallest absolute Gasteiger partial charge is 0.282 e. The van der Waals surface area contributed by atoms with E-state index in [1.54, 1.807) is 0 Å². The Labute approximate surface area is 188 Å². The summed E-state index contributed by atoms with van der Waals surface area (Å²) in [5.41, 5.74) is 5.54. The fraction of sp³-hybridized carbons (Fsp3) is 0.185. The highest BCUT2D eigenvalue weighted by molar-refractivity contribution is 6.46. The molecule has 32 heavy (non-hydrogen) atoms. The molecule has 3 aromatic rings. The van der Waals surface area contributed by atoms with Gasteiger partial charge in [-0.1, -0.05) is 36.4 Å². The molecule has 0 aromatic heterocycles. The van der Waals surface area contributed by atoms with Crippen LogP contribution in [0.5, 0.6) is 5.75 Å². The predicted molar refractivity (Wildman–Crippen MR) is 128 cm³/mol. The van der Waals surface area contributed by atoms with Crippen molar-refractivity contribution in [2.45, 2.75) is 27.7 Å². The number of nitrogens with one attached hydrogen (secondary N) is 1. The molecule has 3 aromatic carbocycles. The van der Waals surface area contributed by atoms with Gasteiger partial charge in [0.25, 0.3) is 11.8 Å². The number of amides is 2. The van der Waals surface area contributed by atoms with E-state index in [0.717, 1.165) is 22.4 Å². The van der Waals surface area contributed by atoms with Gasteiger partial charge >= 0.3 is 0 Å². The Morgan fingerprint density at radius 3 is 2.25 bits per heavy atom. The first kappa shape index (κ1) is 21.4. The first-order valence-corrected chi connectivity index (χ1v) is 10.7. The van der Waals surface area contributed by atoms with Crippen molar-refractivity contribution in [3.05, 3.63) is 94.7 Å². The molecule has 0 spiro atoms. The Morgan fingerprint density at radius 1 is 0.844 bits per heavy atom. The van der Waals surface area contributed by atoms with E-state index in [-0.39, 0.29) is 17.5 Å². The fourth-order valence-corrected chi connectivity index (χ4v) is 3.84. The summed E-state index contributed by atoms with van der Waals surface area (Å²) in [6.07, 6.45) is 0. The van der Waals surface area contributed by atoms with Gasteiger partial charge in [-0.3, -0.25) is 9.59 Å². The summed E-state index contributed by atoms with van der Waals surface area (Å²) in [5, 5.41) is 3.22. The van der Waals surface area contributed by atoms with Gasteiger partial charge in [-0.2, -0.15) is 0 Å². The predicted octanol–water partition coefficient (Wildman–Crippen LogP) is 5.41. The Kier molecular flexibility index (Phi) is 5.82. The van der Waals surface area contributed by atoms with Crippen LogP contribution >= 0.6 is 0 Å². The minimum Gasteiger partial charge on any atom is -0.494 e. The summed E-state index contributed by atoms with van der Waals surface area (Å²) in [5.74, 6) is 0.00491. The molecule has 1 aliphatic heterocycles. The standard InChI is InChI=1S/C27H26N2O3/c1-5-32-22-13-11-20(12-14-22)24-25(28-21-8-6-7-17(2)15-21)27(31)29(26(24)30)23-16-18(3)9-10-19(23)4/h6-16,28H,5H2,1-4H3. The van der Waals surface area contributed by atoms with Gasteiger partial charge in [0.05, 0.1) is 17.9 Å². The molecule has 5 heteroatoms. The Hall–Kier alpha value is -3.86. The minimum atomic E-state index is -0.367. The number of carbonyl (C=O) groups is 2. The van der Waals surface area contributed by atoms with E-state index in [1.165, 1.54) is 4.90 Å². The van der Waals surface area contributed by atoms with Crippen LogP contribution in [0.4, 0.5) is 11.4 Å². The number of rotatable bonds is 6. The van der Waals surface area contributed by atoms with Gasteiger partial charge in [-0.05, 0) is 80.3 Å². The molecule has 0 radical (unpaired) electrons. The molecule has 0 bridgehead atoms. The van der Waals surface area contributed by atoms with Crippen molar-refractivity contribution in [3.8, 4) is 5.75 Å². The van der Waals surface area contributed by atoms with Crippen LogP contribution in [0.2, 0.25) is 0 Å². The molecule has 0 unspecified atom stereocenters. The number of imide groups is 1. The first-order valence-electron chi connectivity index (χ1n) is 10.7. The van der Waals surface area contributed by atoms with Gasteiger partial charge in [0.15, 0.2) is 0 Å². The third-order valence-corrected chi connectivity index (χ3v) is 5.43. The summed E-state index contributed by atoms with van der Waals surface area (Å²) in [7, 11) is 0. The van der Waals surface area contributed by atoms with Crippen molar-refractivity contribution in [1.82, 2.24) is 0 Å². The van der Waals surface area contributed by atoms with Crippen LogP contribution in [0.15, 0.2) is 72.4 Å². The van der Waals surface area contributed by atoms with Crippen molar-refractivity contribution in [2.75, 3.05) is 16.8 Å². The van der Waals surface area contributed by atoms with E-state index in [1.807, 2.05) is 94.4 Å². The van der Waals surface area contributed by atoms with Crippen molar-refractivity contribution >= 4 is 28.8 Å². The largest absolute Gasteiger partial charge is 0.494 e. The van der Waals surface area contributed by atoms with Gasteiger partial charge in [-0.25, -0.2) is 4.90 Å². The highest BCUT2D eigenvalue weighted by atomic mass is 16.5. The van der Waals surface area contributed by atoms with Crippen LogP contribution in [0.1, 0.15) is 29.2 Å². The SMILES string of the molecule is CCOc1ccc(C2=C(Nc3cccc(C)c3)C(=O)N(c3cc(C)ccc3C)C2=O)cc1. The Morgan fingerprint density at radius 2 is 1.56 bits per heavy atom. The molecule has 2 amide bonds. The third kappa shape index (κ3) is 4.02. The molecular formula is C27H26N2O3. The molecule has 1 N–H and O–H groups in total. The number of hydrogen-bond acceptors (Lipinski definition) is 4. The number of anilines is 2. The summed E-state index contributed by atoms with van der Waals surface area (Å²) in [6, 6.07) is 20.8. The zero-order valence-corrected chi connectivity index (χ0v) is 18.7. The second-order valence-electron chi connectivity index (χ2n) is 7.94. The molecule has 0 atom stereocenters. The zero-order valence-electron chi connectivity index (χ0n) is 18.7. The Bertz CT molecular complexity index is 1230. The molecule has 1 aliphatic rings. The molecule has 1 heterocycles. The summed E-state index contributed by atoms with van der Waals surface area (Å²) >= 11 is 0. The summed E-state index contributed by atoms with van der Waals surface area (Å²) < 4.78 is 5.53. The molecule has 162 valence electrons. The monoisotopic (exact) mass is 426 g/mol. The van der Waals surface area contributed by atoms with Crippen molar-refractivity contribution < 1.29 is 14.3 Å². The maximum absolute atomic E-state index is 13.6. The normalized spacial score (nSPS) is 13.7. The lowest BCUT2D eigenvalue weighted by Gasteiger charge is -2.18. The summed E-state index contributed by atoms with van der Waals surface area (Å²) in [4.78, 5) is 28.5. The molecule has 4 rings (SSSR count). The van der Waals surface area contributed by atoms with Gasteiger partial charge in [0.2, 0.25) is 0 Å². The lowest BCUT2D eigenvalue weighted by molar-refractivity contribution is -0.120. The minimum absolute atomic E-state index is 0.269. The highest BCUT2D eigenvalue weighted by Crippen LogP contribution is 2.36. The topological polar surface area (TPSA) is 58.6 Å². The van der Waals surface area contributed by atoms with Crippen molar-refractivity contribution in [1.29, 1.82) is 0 Å². The van der Waals surface area contributed by atoms with E-state index in [9.17, 15) is 9.59 Å². The number of nitrogens with zero attached hydrogens (tertiary/aromatic N) is 1. The van der Waals surface area contributed by atoms with E-state index in [4.69, 9.17) is 4.74 Å². The van der Waals surface area contributed by atoms with Crippen LogP contribution in [-0.2, 0) is 9.59 Å². The van der Waals surface area contributed by atoms with Crippen LogP contribution in [0.3, 0.4) is 0 Å². The van der Waals surface area contributed by atoms with Crippen molar-refractivity contribution in [3.63, 3.8) is 0 Å². The van der Waals surface area contributed by atoms with Gasteiger partial charge in [-0.15, -0.1) is 0 Å². The zero-order chi connectivity index (χ0) is 22.8. The maximum Gasteiger partial charge on any atom is 0.282 e. The molecule has 5 nitrogen and oxygen atoms in total. The molecule has 0 fully saturated rings. The number of aryl methyl sites for hydroxylation is 3. The second kappa shape index (κ2) is 8.71. The van der Waals surface area contributed by atoms with Gasteiger partial charge in [0, 0.05) is 5.69 Å². The van der Waals surface area contributed by atoms with Crippen LogP contribution < -0.4 is 15.0 Å². The van der Waals surface area contributed by atoms with E-state index < -0.39 is 0 Å². The number of hydrogen-bond donors (Lipinski definition) is 1. The average Bonchev–Trinajstić information content (AvgIpc) is 3.00. The number of ether oxygens (including phenoxy) is 1. The Balaban J connectivity index is 1.82. The van der Waals surface area contributed by atoms with Crippen LogP contribution in [0.25, 0.3) is 5.57 Å². The number of carbonyl (C=O) groups excluding carboxylic acids is 2. The number of benzene rings is 3. The van der Waals surface area contributed by atoms with Gasteiger partial charge < -0.3 is 10.1 Å². The summed E-state index contributed by atoms with van der Waals surface area (Å²) in [6.45, 7) is 8.30. The maximum atomic E-state index is 13.6. The average molecular weight is 427 g/mol. The lowest BCUT2D eigenvalue weighted by atomic mass is 10.0. The fourth-order valence-electron chi connectivity index (χ4n) is 3.84. The quantitative estimate of drug-likeness (QED) is 0.536. The van der Waals surface area contributed by atoms with E-state index in [2.05, 4.69) is 5.32 Å². The second-order valence-corrected chi connectivity index (χ2v) is 7.94. The lowest BCUT2D eigenvalue weighted by Crippen LogP contribution is -2.33. The first-order chi connectivity index (χ1) is 15.4.